The van der Waals surface area contributed by atoms with Gasteiger partial charge in [-0.3, -0.25) is 4.79 Å². The van der Waals surface area contributed by atoms with Crippen LogP contribution in [0.4, 0.5) is 5.69 Å². The van der Waals surface area contributed by atoms with Crippen LogP contribution in [0.3, 0.4) is 0 Å². The molecule has 0 aliphatic heterocycles. The molecule has 5 nitrogen and oxygen atoms in total. The van der Waals surface area contributed by atoms with Gasteiger partial charge in [0.2, 0.25) is 5.91 Å². The summed E-state index contributed by atoms with van der Waals surface area (Å²) in [5.41, 5.74) is 9.99. The maximum absolute atomic E-state index is 11.4. The maximum Gasteiger partial charge on any atom is 0.233 e. The quantitative estimate of drug-likeness (QED) is 0.458. The van der Waals surface area contributed by atoms with Crippen LogP contribution < -0.4 is 5.32 Å². The molecule has 0 heterocycles. The van der Waals surface area contributed by atoms with E-state index >= 15 is 0 Å². The topological polar surface area (TPSA) is 77.9 Å². The Morgan fingerprint density at radius 3 is 2.60 bits per heavy atom. The van der Waals surface area contributed by atoms with Crippen LogP contribution in [-0.2, 0) is 4.79 Å². The number of rotatable bonds is 3. The zero-order valence-electron chi connectivity index (χ0n) is 8.64. The Kier molecular flexibility index (Phi) is 3.71. The second-order valence-corrected chi connectivity index (χ2v) is 3.24. The molecule has 1 aromatic carbocycles. The number of hydrogen-bond acceptors (Lipinski definition) is 2. The molecule has 1 unspecified atom stereocenters. The zero-order valence-corrected chi connectivity index (χ0v) is 8.64. The summed E-state index contributed by atoms with van der Waals surface area (Å²) in [5.74, 6) is -0.309. The lowest BCUT2D eigenvalue weighted by atomic mass is 10.2. The van der Waals surface area contributed by atoms with Crippen molar-refractivity contribution in [2.45, 2.75) is 19.9 Å². The zero-order chi connectivity index (χ0) is 11.3. The van der Waals surface area contributed by atoms with Crippen molar-refractivity contribution in [3.8, 4) is 0 Å². The average molecular weight is 204 g/mol. The summed E-state index contributed by atoms with van der Waals surface area (Å²) in [6.45, 7) is 3.51. The Morgan fingerprint density at radius 2 is 2.07 bits per heavy atom. The van der Waals surface area contributed by atoms with Gasteiger partial charge in [0.15, 0.2) is 0 Å². The van der Waals surface area contributed by atoms with Crippen LogP contribution in [0.15, 0.2) is 29.4 Å². The van der Waals surface area contributed by atoms with Gasteiger partial charge in [-0.1, -0.05) is 22.8 Å². The number of benzene rings is 1. The minimum atomic E-state index is -0.698. The highest BCUT2D eigenvalue weighted by atomic mass is 16.2. The normalized spacial score (nSPS) is 11.3. The first kappa shape index (κ1) is 11.1. The Morgan fingerprint density at radius 1 is 1.47 bits per heavy atom. The SMILES string of the molecule is Cc1ccc(NC(=O)C(C)N=[N+]=[N-])cc1. The van der Waals surface area contributed by atoms with E-state index < -0.39 is 6.04 Å². The van der Waals surface area contributed by atoms with E-state index in [1.54, 1.807) is 19.1 Å². The van der Waals surface area contributed by atoms with Crippen molar-refractivity contribution in [3.63, 3.8) is 0 Å². The third kappa shape index (κ3) is 3.32. The van der Waals surface area contributed by atoms with Crippen molar-refractivity contribution in [3.05, 3.63) is 40.3 Å². The van der Waals surface area contributed by atoms with E-state index in [0.717, 1.165) is 5.56 Å². The molecule has 0 aliphatic rings. The number of carbonyl (C=O) groups is 1. The maximum atomic E-state index is 11.4. The predicted octanol–water partition coefficient (Wildman–Crippen LogP) is 2.63. The molecule has 5 heteroatoms. The Balaban J connectivity index is 2.66. The Bertz CT molecular complexity index is 392. The summed E-state index contributed by atoms with van der Waals surface area (Å²) in [7, 11) is 0. The van der Waals surface area contributed by atoms with E-state index in [9.17, 15) is 4.79 Å². The molecule has 0 spiro atoms. The van der Waals surface area contributed by atoms with Gasteiger partial charge in [-0.15, -0.1) is 0 Å². The smallest absolute Gasteiger partial charge is 0.233 e. The minimum absolute atomic E-state index is 0.309. The van der Waals surface area contributed by atoms with E-state index in [-0.39, 0.29) is 5.91 Å². The van der Waals surface area contributed by atoms with E-state index in [1.807, 2.05) is 19.1 Å². The summed E-state index contributed by atoms with van der Waals surface area (Å²) >= 11 is 0. The fraction of sp³-hybridized carbons (Fsp3) is 0.300. The van der Waals surface area contributed by atoms with Gasteiger partial charge in [0, 0.05) is 10.6 Å². The van der Waals surface area contributed by atoms with Gasteiger partial charge in [-0.25, -0.2) is 0 Å². The van der Waals surface area contributed by atoms with E-state index in [4.69, 9.17) is 5.53 Å². The molecular weight excluding hydrogens is 192 g/mol. The highest BCUT2D eigenvalue weighted by Gasteiger charge is 2.09. The molecule has 15 heavy (non-hydrogen) atoms. The highest BCUT2D eigenvalue weighted by Crippen LogP contribution is 2.09. The lowest BCUT2D eigenvalue weighted by molar-refractivity contribution is -0.117. The molecule has 78 valence electrons. The van der Waals surface area contributed by atoms with Crippen molar-refractivity contribution in [1.82, 2.24) is 0 Å². The van der Waals surface area contributed by atoms with Crippen molar-refractivity contribution in [2.24, 2.45) is 5.11 Å². The molecule has 0 aliphatic carbocycles. The van der Waals surface area contributed by atoms with E-state index in [1.165, 1.54) is 0 Å². The molecule has 1 atom stereocenters. The van der Waals surface area contributed by atoms with Crippen LogP contribution in [0.25, 0.3) is 10.4 Å². The third-order valence-corrected chi connectivity index (χ3v) is 1.92. The van der Waals surface area contributed by atoms with Crippen LogP contribution in [-0.4, -0.2) is 11.9 Å². The fourth-order valence-corrected chi connectivity index (χ4v) is 1.01. The number of nitrogens with zero attached hydrogens (tertiary/aromatic N) is 3. The monoisotopic (exact) mass is 204 g/mol. The van der Waals surface area contributed by atoms with Crippen LogP contribution >= 0.6 is 0 Å². The predicted molar refractivity (Wildman–Crippen MR) is 58.4 cm³/mol. The summed E-state index contributed by atoms with van der Waals surface area (Å²) in [5, 5.41) is 5.96. The van der Waals surface area contributed by atoms with Gasteiger partial charge in [0.05, 0.1) is 0 Å². The first-order chi connectivity index (χ1) is 7.13. The molecule has 0 saturated heterocycles. The molecule has 1 N–H and O–H groups in total. The Labute approximate surface area is 87.7 Å². The summed E-state index contributed by atoms with van der Waals surface area (Å²) in [6.07, 6.45) is 0. The average Bonchev–Trinajstić information content (AvgIpc) is 2.22. The fourth-order valence-electron chi connectivity index (χ4n) is 1.01. The number of azide groups is 1. The van der Waals surface area contributed by atoms with Gasteiger partial charge in [-0.05, 0) is 31.5 Å². The van der Waals surface area contributed by atoms with Crippen molar-refractivity contribution in [1.29, 1.82) is 0 Å². The summed E-state index contributed by atoms with van der Waals surface area (Å²) in [6, 6.07) is 6.70. The van der Waals surface area contributed by atoms with Gasteiger partial charge >= 0.3 is 0 Å². The van der Waals surface area contributed by atoms with E-state index in [0.29, 0.717) is 5.69 Å². The molecule has 0 aromatic heterocycles. The molecule has 0 saturated carbocycles. The first-order valence-electron chi connectivity index (χ1n) is 4.55. The molecule has 1 rings (SSSR count). The minimum Gasteiger partial charge on any atom is -0.326 e. The second-order valence-electron chi connectivity index (χ2n) is 3.24. The first-order valence-corrected chi connectivity index (χ1v) is 4.55. The van der Waals surface area contributed by atoms with E-state index in [2.05, 4.69) is 15.3 Å². The second kappa shape index (κ2) is 5.02. The molecule has 0 fully saturated rings. The number of aryl methyl sites for hydroxylation is 1. The van der Waals surface area contributed by atoms with Gasteiger partial charge < -0.3 is 5.32 Å². The molecule has 0 radical (unpaired) electrons. The summed E-state index contributed by atoms with van der Waals surface area (Å²) < 4.78 is 0. The third-order valence-electron chi connectivity index (χ3n) is 1.92. The van der Waals surface area contributed by atoms with Crippen LogP contribution in [0.2, 0.25) is 0 Å². The van der Waals surface area contributed by atoms with Crippen LogP contribution in [0.1, 0.15) is 12.5 Å². The van der Waals surface area contributed by atoms with Gasteiger partial charge in [-0.2, -0.15) is 0 Å². The molecular formula is C10H12N4O. The van der Waals surface area contributed by atoms with Crippen molar-refractivity contribution < 1.29 is 4.79 Å². The largest absolute Gasteiger partial charge is 0.326 e. The molecule has 1 amide bonds. The number of amides is 1. The van der Waals surface area contributed by atoms with Crippen LogP contribution in [0.5, 0.6) is 0 Å². The molecule has 0 bridgehead atoms. The number of hydrogen-bond donors (Lipinski definition) is 1. The number of anilines is 1. The van der Waals surface area contributed by atoms with Crippen molar-refractivity contribution in [2.75, 3.05) is 5.32 Å². The number of nitrogens with one attached hydrogen (secondary N) is 1. The highest BCUT2D eigenvalue weighted by molar-refractivity contribution is 5.94. The number of carbonyl (C=O) groups excluding carboxylic acids is 1. The van der Waals surface area contributed by atoms with Crippen LogP contribution in [0, 0.1) is 6.92 Å². The summed E-state index contributed by atoms with van der Waals surface area (Å²) in [4.78, 5) is 14.0. The van der Waals surface area contributed by atoms with Crippen molar-refractivity contribution >= 4 is 11.6 Å². The lowest BCUT2D eigenvalue weighted by Crippen LogP contribution is -2.22. The molecule has 1 aromatic rings. The van der Waals surface area contributed by atoms with Gasteiger partial charge in [0.1, 0.15) is 6.04 Å². The van der Waals surface area contributed by atoms with Gasteiger partial charge in [0.25, 0.3) is 0 Å². The lowest BCUT2D eigenvalue weighted by Gasteiger charge is -2.07. The standard InChI is InChI=1S/C10H12N4O/c1-7-3-5-9(6-4-7)12-10(15)8(2)13-14-11/h3-6,8H,1-2H3,(H,12,15). The Hall–Kier alpha value is -2.00.